The van der Waals surface area contributed by atoms with Crippen molar-refractivity contribution in [3.05, 3.63) is 12.7 Å². The average molecular weight is 256 g/mol. The van der Waals surface area contributed by atoms with Gasteiger partial charge in [0.05, 0.1) is 13.2 Å². The predicted molar refractivity (Wildman–Crippen MR) is 70.0 cm³/mol. The van der Waals surface area contributed by atoms with Gasteiger partial charge < -0.3 is 9.47 Å². The second-order valence-corrected chi connectivity index (χ2v) is 4.75. The summed E-state index contributed by atoms with van der Waals surface area (Å²) in [7, 11) is 0. The van der Waals surface area contributed by atoms with Crippen molar-refractivity contribution in [3.8, 4) is 0 Å². The summed E-state index contributed by atoms with van der Waals surface area (Å²) in [4.78, 5) is 23.8. The van der Waals surface area contributed by atoms with Gasteiger partial charge in [0.25, 0.3) is 0 Å². The standard InChI is InChI=1S/C14H24O4/c1-6-9-10-14(4,5)11(12(15)17-7-2)13(16)18-8-3/h6,11H,1,7-10H2,2-5H3. The van der Waals surface area contributed by atoms with E-state index in [2.05, 4.69) is 6.58 Å². The minimum Gasteiger partial charge on any atom is -0.465 e. The molecule has 0 rings (SSSR count). The van der Waals surface area contributed by atoms with Crippen molar-refractivity contribution >= 4 is 11.9 Å². The van der Waals surface area contributed by atoms with Gasteiger partial charge in [-0.2, -0.15) is 0 Å². The van der Waals surface area contributed by atoms with E-state index in [0.717, 1.165) is 6.42 Å². The number of allylic oxidation sites excluding steroid dienone is 1. The first-order chi connectivity index (χ1) is 8.40. The summed E-state index contributed by atoms with van der Waals surface area (Å²) in [6.45, 7) is 11.3. The molecule has 0 aliphatic rings. The molecule has 0 spiro atoms. The van der Waals surface area contributed by atoms with E-state index < -0.39 is 23.3 Å². The van der Waals surface area contributed by atoms with Crippen LogP contribution in [0.25, 0.3) is 0 Å². The Labute approximate surface area is 109 Å². The van der Waals surface area contributed by atoms with Crippen molar-refractivity contribution < 1.29 is 19.1 Å². The highest BCUT2D eigenvalue weighted by Crippen LogP contribution is 2.34. The van der Waals surface area contributed by atoms with Crippen molar-refractivity contribution in [3.63, 3.8) is 0 Å². The van der Waals surface area contributed by atoms with E-state index in [0.29, 0.717) is 6.42 Å². The number of hydrogen-bond acceptors (Lipinski definition) is 4. The molecule has 0 saturated carbocycles. The van der Waals surface area contributed by atoms with Crippen molar-refractivity contribution in [1.82, 2.24) is 0 Å². The van der Waals surface area contributed by atoms with E-state index >= 15 is 0 Å². The minimum atomic E-state index is -0.877. The van der Waals surface area contributed by atoms with Crippen LogP contribution in [0.1, 0.15) is 40.5 Å². The van der Waals surface area contributed by atoms with Crippen LogP contribution in [-0.2, 0) is 19.1 Å². The zero-order valence-electron chi connectivity index (χ0n) is 11.8. The third-order valence-electron chi connectivity index (χ3n) is 2.82. The molecular weight excluding hydrogens is 232 g/mol. The Morgan fingerprint density at radius 2 is 1.61 bits per heavy atom. The van der Waals surface area contributed by atoms with E-state index in [1.165, 1.54) is 0 Å². The molecule has 0 radical (unpaired) electrons. The Bertz CT molecular complexity index is 276. The van der Waals surface area contributed by atoms with E-state index in [-0.39, 0.29) is 13.2 Å². The van der Waals surface area contributed by atoms with Crippen LogP contribution in [0.15, 0.2) is 12.7 Å². The molecule has 4 nitrogen and oxygen atoms in total. The van der Waals surface area contributed by atoms with Gasteiger partial charge in [0.15, 0.2) is 5.92 Å². The van der Waals surface area contributed by atoms with Crippen molar-refractivity contribution in [2.75, 3.05) is 13.2 Å². The monoisotopic (exact) mass is 256 g/mol. The average Bonchev–Trinajstić information content (AvgIpc) is 2.27. The molecule has 104 valence electrons. The molecule has 0 atom stereocenters. The summed E-state index contributed by atoms with van der Waals surface area (Å²) < 4.78 is 9.94. The number of carbonyl (C=O) groups is 2. The van der Waals surface area contributed by atoms with Crippen LogP contribution in [0.4, 0.5) is 0 Å². The first-order valence-electron chi connectivity index (χ1n) is 6.34. The lowest BCUT2D eigenvalue weighted by Crippen LogP contribution is -2.39. The molecule has 0 aromatic carbocycles. The maximum absolute atomic E-state index is 11.9. The number of esters is 2. The third-order valence-corrected chi connectivity index (χ3v) is 2.82. The zero-order chi connectivity index (χ0) is 14.2. The highest BCUT2D eigenvalue weighted by molar-refractivity contribution is 5.95. The van der Waals surface area contributed by atoms with Gasteiger partial charge in [-0.25, -0.2) is 0 Å². The van der Waals surface area contributed by atoms with Crippen molar-refractivity contribution in [2.24, 2.45) is 11.3 Å². The van der Waals surface area contributed by atoms with Crippen LogP contribution in [0, 0.1) is 11.3 Å². The molecule has 0 aromatic rings. The largest absolute Gasteiger partial charge is 0.465 e. The van der Waals surface area contributed by atoms with Gasteiger partial charge in [-0.3, -0.25) is 9.59 Å². The normalized spacial score (nSPS) is 11.2. The molecule has 0 N–H and O–H groups in total. The zero-order valence-corrected chi connectivity index (χ0v) is 11.8. The molecule has 4 heteroatoms. The lowest BCUT2D eigenvalue weighted by atomic mass is 9.75. The Morgan fingerprint density at radius 1 is 1.17 bits per heavy atom. The first kappa shape index (κ1) is 16.7. The van der Waals surface area contributed by atoms with Gasteiger partial charge in [-0.05, 0) is 32.1 Å². The van der Waals surface area contributed by atoms with Gasteiger partial charge in [0, 0.05) is 0 Å². The fraction of sp³-hybridized carbons (Fsp3) is 0.714. The van der Waals surface area contributed by atoms with E-state index in [9.17, 15) is 9.59 Å². The highest BCUT2D eigenvalue weighted by Gasteiger charge is 2.42. The molecule has 0 amide bonds. The fourth-order valence-corrected chi connectivity index (χ4v) is 1.80. The van der Waals surface area contributed by atoms with Crippen LogP contribution in [0.2, 0.25) is 0 Å². The summed E-state index contributed by atoms with van der Waals surface area (Å²) in [5.41, 5.74) is -0.507. The van der Waals surface area contributed by atoms with E-state index in [1.807, 2.05) is 13.8 Å². The van der Waals surface area contributed by atoms with Crippen molar-refractivity contribution in [1.29, 1.82) is 0 Å². The lowest BCUT2D eigenvalue weighted by Gasteiger charge is -2.30. The Morgan fingerprint density at radius 3 is 1.94 bits per heavy atom. The first-order valence-corrected chi connectivity index (χ1v) is 6.34. The highest BCUT2D eigenvalue weighted by atomic mass is 16.6. The predicted octanol–water partition coefficient (Wildman–Crippen LogP) is 2.72. The smallest absolute Gasteiger partial charge is 0.320 e. The molecule has 0 fully saturated rings. The summed E-state index contributed by atoms with van der Waals surface area (Å²) >= 11 is 0. The van der Waals surface area contributed by atoms with Crippen LogP contribution in [-0.4, -0.2) is 25.2 Å². The van der Waals surface area contributed by atoms with E-state index in [4.69, 9.17) is 9.47 Å². The SMILES string of the molecule is C=CCCC(C)(C)C(C(=O)OCC)C(=O)OCC. The Balaban J connectivity index is 4.99. The van der Waals surface area contributed by atoms with Gasteiger partial charge in [0.2, 0.25) is 0 Å². The van der Waals surface area contributed by atoms with Gasteiger partial charge >= 0.3 is 11.9 Å². The quantitative estimate of drug-likeness (QED) is 0.380. The molecular formula is C14H24O4. The lowest BCUT2D eigenvalue weighted by molar-refractivity contribution is -0.167. The number of carbonyl (C=O) groups excluding carboxylic acids is 2. The fourth-order valence-electron chi connectivity index (χ4n) is 1.80. The van der Waals surface area contributed by atoms with Gasteiger partial charge in [-0.1, -0.05) is 19.9 Å². The molecule has 18 heavy (non-hydrogen) atoms. The third kappa shape index (κ3) is 4.90. The van der Waals surface area contributed by atoms with Crippen LogP contribution >= 0.6 is 0 Å². The summed E-state index contributed by atoms with van der Waals surface area (Å²) in [5.74, 6) is -1.90. The number of rotatable bonds is 8. The topological polar surface area (TPSA) is 52.6 Å². The second-order valence-electron chi connectivity index (χ2n) is 4.75. The van der Waals surface area contributed by atoms with E-state index in [1.54, 1.807) is 19.9 Å². The minimum absolute atomic E-state index is 0.256. The maximum Gasteiger partial charge on any atom is 0.320 e. The Hall–Kier alpha value is -1.32. The molecule has 0 aromatic heterocycles. The van der Waals surface area contributed by atoms with Crippen molar-refractivity contribution in [2.45, 2.75) is 40.5 Å². The van der Waals surface area contributed by atoms with Gasteiger partial charge in [0.1, 0.15) is 0 Å². The Kier molecular flexibility index (Phi) is 7.32. The van der Waals surface area contributed by atoms with Crippen LogP contribution < -0.4 is 0 Å². The molecule has 0 unspecified atom stereocenters. The van der Waals surface area contributed by atoms with Crippen LogP contribution in [0.5, 0.6) is 0 Å². The number of ether oxygens (including phenoxy) is 2. The molecule has 0 aliphatic heterocycles. The molecule has 0 saturated heterocycles. The summed E-state index contributed by atoms with van der Waals surface area (Å²) in [5, 5.41) is 0. The van der Waals surface area contributed by atoms with Gasteiger partial charge in [-0.15, -0.1) is 6.58 Å². The maximum atomic E-state index is 11.9. The summed E-state index contributed by atoms with van der Waals surface area (Å²) in [6, 6.07) is 0. The molecule has 0 bridgehead atoms. The molecule has 0 heterocycles. The summed E-state index contributed by atoms with van der Waals surface area (Å²) in [6.07, 6.45) is 3.19. The number of hydrogen-bond donors (Lipinski definition) is 0. The second kappa shape index (κ2) is 7.90. The molecule has 0 aliphatic carbocycles. The van der Waals surface area contributed by atoms with Crippen LogP contribution in [0.3, 0.4) is 0 Å².